The predicted octanol–water partition coefficient (Wildman–Crippen LogP) is 3.67. The highest BCUT2D eigenvalue weighted by Crippen LogP contribution is 2.31. The van der Waals surface area contributed by atoms with Crippen LogP contribution in [0.1, 0.15) is 30.0 Å². The molecule has 0 spiro atoms. The molecule has 1 aliphatic rings. The van der Waals surface area contributed by atoms with Crippen LogP contribution in [0.15, 0.2) is 59.1 Å². The quantitative estimate of drug-likeness (QED) is 0.769. The van der Waals surface area contributed by atoms with E-state index in [0.29, 0.717) is 11.7 Å². The van der Waals surface area contributed by atoms with Crippen molar-refractivity contribution in [3.63, 3.8) is 0 Å². The van der Waals surface area contributed by atoms with E-state index in [2.05, 4.69) is 27.1 Å². The molecule has 3 aromatic rings. The summed E-state index contributed by atoms with van der Waals surface area (Å²) in [6, 6.07) is 17.8. The van der Waals surface area contributed by atoms with Crippen LogP contribution in [0.4, 0.5) is 0 Å². The minimum absolute atomic E-state index is 0.0241. The third-order valence-corrected chi connectivity index (χ3v) is 4.16. The molecule has 23 heavy (non-hydrogen) atoms. The van der Waals surface area contributed by atoms with E-state index in [1.54, 1.807) is 0 Å². The molecule has 0 bridgehead atoms. The zero-order valence-electron chi connectivity index (χ0n) is 12.2. The van der Waals surface area contributed by atoms with Crippen molar-refractivity contribution in [3.05, 3.63) is 71.1 Å². The van der Waals surface area contributed by atoms with Gasteiger partial charge in [-0.15, -0.1) is 0 Å². The van der Waals surface area contributed by atoms with Crippen LogP contribution < -0.4 is 10.9 Å². The Labute approximate surface area is 138 Å². The molecule has 2 N–H and O–H groups in total. The Hall–Kier alpha value is -2.21. The molecule has 0 radical (unpaired) electrons. The van der Waals surface area contributed by atoms with Gasteiger partial charge in [-0.1, -0.05) is 59.2 Å². The number of nitrogens with zero attached hydrogens (tertiary/aromatic N) is 2. The van der Waals surface area contributed by atoms with E-state index in [1.165, 1.54) is 0 Å². The van der Waals surface area contributed by atoms with Crippen LogP contribution >= 0.6 is 11.6 Å². The zero-order chi connectivity index (χ0) is 15.6. The van der Waals surface area contributed by atoms with Crippen molar-refractivity contribution in [3.8, 4) is 11.4 Å². The maximum Gasteiger partial charge on any atom is 0.245 e. The van der Waals surface area contributed by atoms with E-state index < -0.39 is 0 Å². The van der Waals surface area contributed by atoms with Gasteiger partial charge in [-0.25, -0.2) is 10.9 Å². The molecule has 4 rings (SSSR count). The van der Waals surface area contributed by atoms with Gasteiger partial charge in [0.2, 0.25) is 11.7 Å². The average molecular weight is 327 g/mol. The third-order valence-electron chi connectivity index (χ3n) is 3.93. The number of hydrazine groups is 1. The normalized spacial score (nSPS) is 20.7. The van der Waals surface area contributed by atoms with Gasteiger partial charge in [-0.3, -0.25) is 0 Å². The van der Waals surface area contributed by atoms with Crippen molar-refractivity contribution in [2.75, 3.05) is 0 Å². The maximum absolute atomic E-state index is 6.06. The van der Waals surface area contributed by atoms with Crippen LogP contribution in [0.2, 0.25) is 5.02 Å². The molecular weight excluding hydrogens is 312 g/mol. The number of rotatable bonds is 3. The second-order valence-corrected chi connectivity index (χ2v) is 5.94. The number of nitrogens with one attached hydrogen (secondary N) is 2. The lowest BCUT2D eigenvalue weighted by Crippen LogP contribution is -2.26. The molecule has 2 aromatic carbocycles. The molecule has 2 heterocycles. The SMILES string of the molecule is Clc1cccc(C2CC(c3nc(-c4ccccc4)no3)NN2)c1. The molecule has 1 aliphatic heterocycles. The lowest BCUT2D eigenvalue weighted by molar-refractivity contribution is 0.340. The molecule has 0 saturated carbocycles. The first-order valence-corrected chi connectivity index (χ1v) is 7.83. The molecule has 6 heteroatoms. The molecule has 116 valence electrons. The van der Waals surface area contributed by atoms with Crippen molar-refractivity contribution in [2.24, 2.45) is 0 Å². The molecular formula is C17H15ClN4O. The molecule has 2 atom stereocenters. The summed E-state index contributed by atoms with van der Waals surface area (Å²) in [5, 5.41) is 4.80. The van der Waals surface area contributed by atoms with Gasteiger partial charge in [0.1, 0.15) is 6.04 Å². The highest BCUT2D eigenvalue weighted by Gasteiger charge is 2.30. The number of hydrogen-bond donors (Lipinski definition) is 2. The molecule has 1 saturated heterocycles. The first kappa shape index (κ1) is 14.4. The Morgan fingerprint density at radius 3 is 2.65 bits per heavy atom. The van der Waals surface area contributed by atoms with Crippen molar-refractivity contribution in [1.29, 1.82) is 0 Å². The Kier molecular flexibility index (Phi) is 3.83. The van der Waals surface area contributed by atoms with E-state index in [-0.39, 0.29) is 12.1 Å². The summed E-state index contributed by atoms with van der Waals surface area (Å²) in [6.45, 7) is 0. The van der Waals surface area contributed by atoms with Gasteiger partial charge in [0.15, 0.2) is 0 Å². The first-order chi connectivity index (χ1) is 11.3. The minimum atomic E-state index is -0.0241. The fourth-order valence-electron chi connectivity index (χ4n) is 2.74. The van der Waals surface area contributed by atoms with E-state index >= 15 is 0 Å². The smallest absolute Gasteiger partial charge is 0.245 e. The molecule has 1 fully saturated rings. The fourth-order valence-corrected chi connectivity index (χ4v) is 2.94. The zero-order valence-corrected chi connectivity index (χ0v) is 13.0. The van der Waals surface area contributed by atoms with Gasteiger partial charge in [-0.05, 0) is 24.1 Å². The lowest BCUT2D eigenvalue weighted by Gasteiger charge is -2.09. The molecule has 1 aromatic heterocycles. The highest BCUT2D eigenvalue weighted by atomic mass is 35.5. The van der Waals surface area contributed by atoms with Crippen LogP contribution in [0, 0.1) is 0 Å². The fraction of sp³-hybridized carbons (Fsp3) is 0.176. The van der Waals surface area contributed by atoms with Crippen LogP contribution in [-0.2, 0) is 0 Å². The molecule has 0 aliphatic carbocycles. The van der Waals surface area contributed by atoms with Crippen LogP contribution in [0.25, 0.3) is 11.4 Å². The summed E-state index contributed by atoms with van der Waals surface area (Å²) < 4.78 is 5.42. The molecule has 2 unspecified atom stereocenters. The van der Waals surface area contributed by atoms with E-state index in [9.17, 15) is 0 Å². The number of hydrogen-bond acceptors (Lipinski definition) is 5. The summed E-state index contributed by atoms with van der Waals surface area (Å²) >= 11 is 6.06. The van der Waals surface area contributed by atoms with Crippen LogP contribution in [0.3, 0.4) is 0 Å². The Bertz CT molecular complexity index is 805. The summed E-state index contributed by atoms with van der Waals surface area (Å²) in [5.74, 6) is 1.19. The molecule has 0 amide bonds. The minimum Gasteiger partial charge on any atom is -0.337 e. The topological polar surface area (TPSA) is 63.0 Å². The van der Waals surface area contributed by atoms with E-state index in [1.807, 2.05) is 48.5 Å². The second kappa shape index (κ2) is 6.12. The number of benzene rings is 2. The largest absolute Gasteiger partial charge is 0.337 e. The van der Waals surface area contributed by atoms with E-state index in [0.717, 1.165) is 22.6 Å². The van der Waals surface area contributed by atoms with Gasteiger partial charge in [0.05, 0.1) is 0 Å². The van der Waals surface area contributed by atoms with E-state index in [4.69, 9.17) is 16.1 Å². The average Bonchev–Trinajstić information content (AvgIpc) is 3.25. The van der Waals surface area contributed by atoms with Gasteiger partial charge in [-0.2, -0.15) is 4.98 Å². The second-order valence-electron chi connectivity index (χ2n) is 5.51. The first-order valence-electron chi connectivity index (χ1n) is 7.45. The number of halogens is 1. The standard InChI is InChI=1S/C17H15ClN4O/c18-13-8-4-7-12(9-13)14-10-15(21-20-14)17-19-16(22-23-17)11-5-2-1-3-6-11/h1-9,14-15,20-21H,10H2. The van der Waals surface area contributed by atoms with Gasteiger partial charge in [0.25, 0.3) is 0 Å². The van der Waals surface area contributed by atoms with Crippen molar-refractivity contribution < 1.29 is 4.52 Å². The van der Waals surface area contributed by atoms with Crippen molar-refractivity contribution >= 4 is 11.6 Å². The van der Waals surface area contributed by atoms with Crippen LogP contribution in [0.5, 0.6) is 0 Å². The van der Waals surface area contributed by atoms with Crippen molar-refractivity contribution in [1.82, 2.24) is 21.0 Å². The van der Waals surface area contributed by atoms with Crippen LogP contribution in [-0.4, -0.2) is 10.1 Å². The highest BCUT2D eigenvalue weighted by molar-refractivity contribution is 6.30. The van der Waals surface area contributed by atoms with Gasteiger partial charge in [0, 0.05) is 16.6 Å². The van der Waals surface area contributed by atoms with Gasteiger partial charge >= 0.3 is 0 Å². The Balaban J connectivity index is 1.51. The summed E-state index contributed by atoms with van der Waals surface area (Å²) in [6.07, 6.45) is 0.816. The van der Waals surface area contributed by atoms with Gasteiger partial charge < -0.3 is 4.52 Å². The number of aromatic nitrogens is 2. The third kappa shape index (κ3) is 2.99. The summed E-state index contributed by atoms with van der Waals surface area (Å²) in [4.78, 5) is 4.50. The lowest BCUT2D eigenvalue weighted by atomic mass is 10.0. The maximum atomic E-state index is 6.06. The molecule has 5 nitrogen and oxygen atoms in total. The Morgan fingerprint density at radius 2 is 1.83 bits per heavy atom. The summed E-state index contributed by atoms with van der Waals surface area (Å²) in [7, 11) is 0. The summed E-state index contributed by atoms with van der Waals surface area (Å²) in [5.41, 5.74) is 8.56. The Morgan fingerprint density at radius 1 is 1.00 bits per heavy atom. The van der Waals surface area contributed by atoms with Crippen molar-refractivity contribution in [2.45, 2.75) is 18.5 Å². The monoisotopic (exact) mass is 326 g/mol. The predicted molar refractivity (Wildman–Crippen MR) is 87.6 cm³/mol.